The molecule has 0 aromatic heterocycles. The van der Waals surface area contributed by atoms with Gasteiger partial charge in [-0.3, -0.25) is 10.1 Å². The van der Waals surface area contributed by atoms with Gasteiger partial charge in [-0.05, 0) is 18.6 Å². The lowest BCUT2D eigenvalue weighted by Gasteiger charge is -2.03. The van der Waals surface area contributed by atoms with E-state index in [4.69, 9.17) is 0 Å². The standard InChI is InChI=1S/C11H12NO2/c1-3-6-10-8-5-7-9(4-2)11(10)12(13)14/h5,7-8H,2-3,6H2,1H3. The summed E-state index contributed by atoms with van der Waals surface area (Å²) in [4.78, 5) is 10.5. The van der Waals surface area contributed by atoms with Crippen molar-refractivity contribution in [2.45, 2.75) is 19.8 Å². The highest BCUT2D eigenvalue weighted by Crippen LogP contribution is 2.24. The summed E-state index contributed by atoms with van der Waals surface area (Å²) < 4.78 is 0. The lowest BCUT2D eigenvalue weighted by atomic mass is 10.0. The van der Waals surface area contributed by atoms with Crippen LogP contribution in [0.15, 0.2) is 24.8 Å². The molecule has 0 aliphatic carbocycles. The van der Waals surface area contributed by atoms with Crippen molar-refractivity contribution in [1.29, 1.82) is 0 Å². The molecule has 0 amide bonds. The van der Waals surface area contributed by atoms with Gasteiger partial charge in [0.1, 0.15) is 0 Å². The van der Waals surface area contributed by atoms with Gasteiger partial charge in [0.05, 0.1) is 10.5 Å². The molecule has 0 saturated carbocycles. The van der Waals surface area contributed by atoms with E-state index < -0.39 is 0 Å². The third kappa shape index (κ3) is 1.99. The molecule has 14 heavy (non-hydrogen) atoms. The van der Waals surface area contributed by atoms with Crippen molar-refractivity contribution in [2.75, 3.05) is 0 Å². The zero-order valence-electron chi connectivity index (χ0n) is 8.12. The highest BCUT2D eigenvalue weighted by molar-refractivity contribution is 5.50. The Kier molecular flexibility index (Phi) is 3.40. The number of benzene rings is 1. The van der Waals surface area contributed by atoms with Crippen LogP contribution < -0.4 is 0 Å². The Morgan fingerprint density at radius 3 is 2.79 bits per heavy atom. The van der Waals surface area contributed by atoms with Crippen molar-refractivity contribution in [2.24, 2.45) is 0 Å². The van der Waals surface area contributed by atoms with Crippen LogP contribution in [0.5, 0.6) is 0 Å². The van der Waals surface area contributed by atoms with E-state index in [1.807, 2.05) is 6.92 Å². The maximum Gasteiger partial charge on any atom is 0.280 e. The molecular formula is C11H12NO2. The zero-order chi connectivity index (χ0) is 10.6. The molecule has 0 spiro atoms. The molecule has 0 unspecified atom stereocenters. The monoisotopic (exact) mass is 190 g/mol. The lowest BCUT2D eigenvalue weighted by molar-refractivity contribution is -0.386. The van der Waals surface area contributed by atoms with E-state index in [1.165, 1.54) is 0 Å². The first kappa shape index (κ1) is 10.4. The molecule has 1 aromatic carbocycles. The summed E-state index contributed by atoms with van der Waals surface area (Å²) in [5, 5.41) is 10.8. The van der Waals surface area contributed by atoms with Gasteiger partial charge in [0.15, 0.2) is 0 Å². The quantitative estimate of drug-likeness (QED) is 0.541. The van der Waals surface area contributed by atoms with Crippen molar-refractivity contribution in [1.82, 2.24) is 0 Å². The highest BCUT2D eigenvalue weighted by Gasteiger charge is 2.16. The summed E-state index contributed by atoms with van der Waals surface area (Å²) in [6.07, 6.45) is 4.19. The third-order valence-electron chi connectivity index (χ3n) is 2.01. The van der Waals surface area contributed by atoms with Gasteiger partial charge in [-0.15, -0.1) is 0 Å². The number of nitro groups is 1. The Bertz CT molecular complexity index is 358. The molecule has 0 fully saturated rings. The summed E-state index contributed by atoms with van der Waals surface area (Å²) in [6, 6.07) is 5.23. The van der Waals surface area contributed by atoms with E-state index >= 15 is 0 Å². The molecular weight excluding hydrogens is 178 g/mol. The highest BCUT2D eigenvalue weighted by atomic mass is 16.6. The molecule has 0 heterocycles. The van der Waals surface area contributed by atoms with E-state index in [0.717, 1.165) is 12.0 Å². The molecule has 0 aliphatic rings. The average molecular weight is 190 g/mol. The minimum absolute atomic E-state index is 0.143. The van der Waals surface area contributed by atoms with E-state index in [0.29, 0.717) is 12.0 Å². The average Bonchev–Trinajstić information content (AvgIpc) is 2.17. The first-order valence-electron chi connectivity index (χ1n) is 4.50. The first-order valence-corrected chi connectivity index (χ1v) is 4.50. The number of nitro benzene ring substituents is 1. The van der Waals surface area contributed by atoms with Crippen molar-refractivity contribution in [3.8, 4) is 0 Å². The maximum absolute atomic E-state index is 10.8. The van der Waals surface area contributed by atoms with Crippen LogP contribution in [0.2, 0.25) is 0 Å². The summed E-state index contributed by atoms with van der Waals surface area (Å²) in [6.45, 7) is 5.44. The summed E-state index contributed by atoms with van der Waals surface area (Å²) >= 11 is 0. The van der Waals surface area contributed by atoms with Gasteiger partial charge in [0.25, 0.3) is 5.69 Å². The molecule has 1 radical (unpaired) electrons. The Hall–Kier alpha value is -1.64. The van der Waals surface area contributed by atoms with Gasteiger partial charge in [-0.1, -0.05) is 32.1 Å². The number of hydrogen-bond acceptors (Lipinski definition) is 2. The predicted octanol–water partition coefficient (Wildman–Crippen LogP) is 2.88. The SMILES string of the molecule is C=[C]c1cccc(CCC)c1[N+](=O)[O-]. The largest absolute Gasteiger partial charge is 0.280 e. The van der Waals surface area contributed by atoms with Crippen LogP contribution in [-0.2, 0) is 6.42 Å². The van der Waals surface area contributed by atoms with Crippen molar-refractivity contribution >= 4 is 5.69 Å². The van der Waals surface area contributed by atoms with Crippen LogP contribution in [0.1, 0.15) is 24.5 Å². The van der Waals surface area contributed by atoms with Gasteiger partial charge in [0, 0.05) is 5.56 Å². The van der Waals surface area contributed by atoms with E-state index in [1.54, 1.807) is 18.2 Å². The minimum atomic E-state index is -0.363. The lowest BCUT2D eigenvalue weighted by Crippen LogP contribution is -1.98. The van der Waals surface area contributed by atoms with Crippen LogP contribution in [0.3, 0.4) is 0 Å². The second-order valence-electron chi connectivity index (χ2n) is 3.00. The Labute approximate surface area is 83.2 Å². The normalized spacial score (nSPS) is 9.79. The van der Waals surface area contributed by atoms with Crippen LogP contribution in [-0.4, -0.2) is 4.92 Å². The van der Waals surface area contributed by atoms with E-state index in [9.17, 15) is 10.1 Å². The predicted molar refractivity (Wildman–Crippen MR) is 55.1 cm³/mol. The van der Waals surface area contributed by atoms with Gasteiger partial charge in [0.2, 0.25) is 0 Å². The van der Waals surface area contributed by atoms with Gasteiger partial charge < -0.3 is 0 Å². The Balaban J connectivity index is 3.27. The molecule has 1 rings (SSSR count). The fourth-order valence-corrected chi connectivity index (χ4v) is 1.42. The van der Waals surface area contributed by atoms with Gasteiger partial charge in [-0.25, -0.2) is 0 Å². The molecule has 0 N–H and O–H groups in total. The Morgan fingerprint density at radius 2 is 2.29 bits per heavy atom. The molecule has 3 nitrogen and oxygen atoms in total. The first-order chi connectivity index (χ1) is 6.70. The maximum atomic E-state index is 10.8. The van der Waals surface area contributed by atoms with Crippen LogP contribution in [0, 0.1) is 16.2 Å². The number of rotatable bonds is 4. The fourth-order valence-electron chi connectivity index (χ4n) is 1.42. The molecule has 1 aromatic rings. The molecule has 73 valence electrons. The topological polar surface area (TPSA) is 43.1 Å². The molecule has 0 atom stereocenters. The van der Waals surface area contributed by atoms with Crippen LogP contribution >= 0.6 is 0 Å². The van der Waals surface area contributed by atoms with Crippen molar-refractivity contribution in [3.63, 3.8) is 0 Å². The van der Waals surface area contributed by atoms with Crippen LogP contribution in [0.25, 0.3) is 0 Å². The number of hydrogen-bond donors (Lipinski definition) is 0. The van der Waals surface area contributed by atoms with E-state index in [2.05, 4.69) is 12.7 Å². The minimum Gasteiger partial charge on any atom is -0.258 e. The third-order valence-corrected chi connectivity index (χ3v) is 2.01. The smallest absolute Gasteiger partial charge is 0.258 e. The number of nitrogens with zero attached hydrogens (tertiary/aromatic N) is 1. The number of para-hydroxylation sites is 1. The summed E-state index contributed by atoms with van der Waals surface area (Å²) in [5.74, 6) is 0. The summed E-state index contributed by atoms with van der Waals surface area (Å²) in [7, 11) is 0. The van der Waals surface area contributed by atoms with Gasteiger partial charge in [-0.2, -0.15) is 0 Å². The summed E-state index contributed by atoms with van der Waals surface area (Å²) in [5.41, 5.74) is 1.37. The molecule has 0 saturated heterocycles. The number of aryl methyl sites for hydroxylation is 1. The van der Waals surface area contributed by atoms with E-state index in [-0.39, 0.29) is 10.6 Å². The van der Waals surface area contributed by atoms with Crippen molar-refractivity contribution < 1.29 is 4.92 Å². The van der Waals surface area contributed by atoms with Crippen molar-refractivity contribution in [3.05, 3.63) is 52.1 Å². The van der Waals surface area contributed by atoms with Crippen LogP contribution in [0.4, 0.5) is 5.69 Å². The molecule has 0 aliphatic heterocycles. The Morgan fingerprint density at radius 1 is 1.57 bits per heavy atom. The molecule has 0 bridgehead atoms. The second kappa shape index (κ2) is 4.56. The second-order valence-corrected chi connectivity index (χ2v) is 3.00. The molecule has 3 heteroatoms. The fraction of sp³-hybridized carbons (Fsp3) is 0.273. The van der Waals surface area contributed by atoms with Gasteiger partial charge >= 0.3 is 0 Å². The zero-order valence-corrected chi connectivity index (χ0v) is 8.12.